The number of nitrogens with zero attached hydrogens (tertiary/aromatic N) is 2. The van der Waals surface area contributed by atoms with E-state index in [1.807, 2.05) is 13.8 Å². The second-order valence-electron chi connectivity index (χ2n) is 5.31. The first-order valence-corrected chi connectivity index (χ1v) is 6.51. The maximum Gasteiger partial charge on any atom is 0.138 e. The molecule has 1 fully saturated rings. The summed E-state index contributed by atoms with van der Waals surface area (Å²) in [6.07, 6.45) is 2.19. The molecule has 102 valence electrons. The van der Waals surface area contributed by atoms with Crippen LogP contribution in [0.1, 0.15) is 36.3 Å². The summed E-state index contributed by atoms with van der Waals surface area (Å²) in [6, 6.07) is 0. The Balaban J connectivity index is 1.99. The summed E-state index contributed by atoms with van der Waals surface area (Å²) in [6.45, 7) is 6.27. The summed E-state index contributed by atoms with van der Waals surface area (Å²) in [7, 11) is 0. The second kappa shape index (κ2) is 5.38. The maximum atomic E-state index is 10.1. The third-order valence-electron chi connectivity index (χ3n) is 3.87. The van der Waals surface area contributed by atoms with Gasteiger partial charge in [0.05, 0.1) is 17.9 Å². The first-order chi connectivity index (χ1) is 8.54. The molecule has 2 heterocycles. The van der Waals surface area contributed by atoms with Crippen molar-refractivity contribution in [3.8, 4) is 0 Å². The quantitative estimate of drug-likeness (QED) is 0.842. The van der Waals surface area contributed by atoms with Crippen molar-refractivity contribution in [3.05, 3.63) is 17.0 Å². The van der Waals surface area contributed by atoms with Crippen LogP contribution in [-0.2, 0) is 6.54 Å². The number of aliphatic hydroxyl groups excluding tert-OH is 1. The van der Waals surface area contributed by atoms with Crippen molar-refractivity contribution in [3.63, 3.8) is 0 Å². The van der Waals surface area contributed by atoms with Gasteiger partial charge in [-0.3, -0.25) is 4.90 Å². The molecule has 0 unspecified atom stereocenters. The van der Waals surface area contributed by atoms with E-state index in [1.165, 1.54) is 0 Å². The fourth-order valence-corrected chi connectivity index (χ4v) is 2.50. The lowest BCUT2D eigenvalue weighted by atomic mass is 9.96. The number of hydrogen-bond donors (Lipinski definition) is 2. The van der Waals surface area contributed by atoms with Crippen molar-refractivity contribution in [2.45, 2.75) is 45.3 Å². The van der Waals surface area contributed by atoms with Crippen molar-refractivity contribution < 1.29 is 14.7 Å². The normalized spacial score (nSPS) is 26.2. The predicted octanol–water partition coefficient (Wildman–Crippen LogP) is 1.00. The van der Waals surface area contributed by atoms with Crippen LogP contribution in [0.4, 0.5) is 0 Å². The average Bonchev–Trinajstić information content (AvgIpc) is 2.57. The number of likely N-dealkylation sites (tertiary alicyclic amines) is 1. The van der Waals surface area contributed by atoms with Crippen molar-refractivity contribution >= 4 is 0 Å². The van der Waals surface area contributed by atoms with Crippen LogP contribution in [0, 0.1) is 13.8 Å². The lowest BCUT2D eigenvalue weighted by Gasteiger charge is -2.24. The maximum absolute atomic E-state index is 10.1. The van der Waals surface area contributed by atoms with Crippen LogP contribution >= 0.6 is 0 Å². The lowest BCUT2D eigenvalue weighted by Crippen LogP contribution is -2.34. The third kappa shape index (κ3) is 2.91. The lowest BCUT2D eigenvalue weighted by molar-refractivity contribution is -0.0255. The Bertz CT molecular complexity index is 385. The molecule has 1 aromatic heterocycles. The Kier molecular flexibility index (Phi) is 4.04. The highest BCUT2D eigenvalue weighted by molar-refractivity contribution is 5.20. The molecular formula is C13H22N2O3. The topological polar surface area (TPSA) is 69.7 Å². The van der Waals surface area contributed by atoms with Crippen molar-refractivity contribution in [2.24, 2.45) is 0 Å². The Morgan fingerprint density at radius 3 is 2.72 bits per heavy atom. The van der Waals surface area contributed by atoms with Crippen molar-refractivity contribution in [2.75, 3.05) is 19.7 Å². The Morgan fingerprint density at radius 1 is 1.33 bits per heavy atom. The number of rotatable bonds is 3. The summed E-state index contributed by atoms with van der Waals surface area (Å²) in [5.41, 5.74) is 1.19. The van der Waals surface area contributed by atoms with Gasteiger partial charge in [0.15, 0.2) is 0 Å². The van der Waals surface area contributed by atoms with Gasteiger partial charge in [0.1, 0.15) is 5.76 Å². The van der Waals surface area contributed by atoms with Gasteiger partial charge in [-0.1, -0.05) is 5.16 Å². The summed E-state index contributed by atoms with van der Waals surface area (Å²) >= 11 is 0. The highest BCUT2D eigenvalue weighted by Crippen LogP contribution is 2.24. The van der Waals surface area contributed by atoms with Gasteiger partial charge in [-0.2, -0.15) is 0 Å². The molecule has 1 aromatic rings. The third-order valence-corrected chi connectivity index (χ3v) is 3.87. The van der Waals surface area contributed by atoms with Crippen LogP contribution in [0.25, 0.3) is 0 Å². The molecule has 0 aliphatic carbocycles. The zero-order valence-electron chi connectivity index (χ0n) is 11.1. The molecule has 0 amide bonds. The minimum absolute atomic E-state index is 0.147. The molecule has 1 saturated heterocycles. The molecule has 5 nitrogen and oxygen atoms in total. The summed E-state index contributed by atoms with van der Waals surface area (Å²) in [4.78, 5) is 2.29. The molecular weight excluding hydrogens is 232 g/mol. The molecule has 5 heteroatoms. The zero-order chi connectivity index (χ0) is 13.2. The van der Waals surface area contributed by atoms with Gasteiger partial charge in [-0.05, 0) is 39.7 Å². The smallest absolute Gasteiger partial charge is 0.138 e. The monoisotopic (exact) mass is 254 g/mol. The van der Waals surface area contributed by atoms with E-state index >= 15 is 0 Å². The predicted molar refractivity (Wildman–Crippen MR) is 67.1 cm³/mol. The standard InChI is InChI=1S/C13H22N2O3/c1-10-12(11(2)18-14-10)8-15-6-3-4-13(17,9-16)5-7-15/h16-17H,3-9H2,1-2H3/t13-/m0/s1. The SMILES string of the molecule is Cc1noc(C)c1CN1CCC[C@@](O)(CO)CC1. The number of hydrogen-bond acceptors (Lipinski definition) is 5. The second-order valence-corrected chi connectivity index (χ2v) is 5.31. The summed E-state index contributed by atoms with van der Waals surface area (Å²) in [5, 5.41) is 23.3. The highest BCUT2D eigenvalue weighted by Gasteiger charge is 2.29. The van der Waals surface area contributed by atoms with Crippen LogP contribution in [0.3, 0.4) is 0 Å². The number of aliphatic hydroxyl groups is 2. The van der Waals surface area contributed by atoms with Crippen LogP contribution in [-0.4, -0.2) is 45.6 Å². The van der Waals surface area contributed by atoms with Crippen LogP contribution in [0.2, 0.25) is 0 Å². The minimum atomic E-state index is -0.895. The fourth-order valence-electron chi connectivity index (χ4n) is 2.50. The van der Waals surface area contributed by atoms with E-state index < -0.39 is 5.60 Å². The molecule has 1 aliphatic rings. The first kappa shape index (κ1) is 13.5. The van der Waals surface area contributed by atoms with Gasteiger partial charge in [0.25, 0.3) is 0 Å². The van der Waals surface area contributed by atoms with E-state index in [1.54, 1.807) is 0 Å². The molecule has 0 saturated carbocycles. The molecule has 0 spiro atoms. The highest BCUT2D eigenvalue weighted by atomic mass is 16.5. The molecule has 1 aliphatic heterocycles. The van der Waals surface area contributed by atoms with Crippen LogP contribution < -0.4 is 0 Å². The van der Waals surface area contributed by atoms with Gasteiger partial charge in [0, 0.05) is 18.7 Å². The van der Waals surface area contributed by atoms with E-state index in [0.717, 1.165) is 43.1 Å². The fraction of sp³-hybridized carbons (Fsp3) is 0.769. The zero-order valence-corrected chi connectivity index (χ0v) is 11.1. The molecule has 0 radical (unpaired) electrons. The summed E-state index contributed by atoms with van der Waals surface area (Å²) in [5.74, 6) is 0.870. The molecule has 0 bridgehead atoms. The molecule has 2 rings (SSSR count). The molecule has 2 N–H and O–H groups in total. The van der Waals surface area contributed by atoms with Gasteiger partial charge in [-0.15, -0.1) is 0 Å². The van der Waals surface area contributed by atoms with E-state index in [2.05, 4.69) is 10.1 Å². The number of aromatic nitrogens is 1. The van der Waals surface area contributed by atoms with Crippen LogP contribution in [0.5, 0.6) is 0 Å². The van der Waals surface area contributed by atoms with E-state index in [4.69, 9.17) is 4.52 Å². The Morgan fingerprint density at radius 2 is 2.11 bits per heavy atom. The molecule has 18 heavy (non-hydrogen) atoms. The van der Waals surface area contributed by atoms with Gasteiger partial charge in [0.2, 0.25) is 0 Å². The van der Waals surface area contributed by atoms with Gasteiger partial charge >= 0.3 is 0 Å². The van der Waals surface area contributed by atoms with Crippen molar-refractivity contribution in [1.82, 2.24) is 10.1 Å². The first-order valence-electron chi connectivity index (χ1n) is 6.51. The Labute approximate surface area is 107 Å². The van der Waals surface area contributed by atoms with Gasteiger partial charge in [-0.25, -0.2) is 0 Å². The van der Waals surface area contributed by atoms with E-state index in [9.17, 15) is 10.2 Å². The van der Waals surface area contributed by atoms with E-state index in [-0.39, 0.29) is 6.61 Å². The largest absolute Gasteiger partial charge is 0.393 e. The van der Waals surface area contributed by atoms with Crippen LogP contribution in [0.15, 0.2) is 4.52 Å². The van der Waals surface area contributed by atoms with Crippen molar-refractivity contribution in [1.29, 1.82) is 0 Å². The van der Waals surface area contributed by atoms with E-state index in [0.29, 0.717) is 12.8 Å². The van der Waals surface area contributed by atoms with Gasteiger partial charge < -0.3 is 14.7 Å². The average molecular weight is 254 g/mol. The minimum Gasteiger partial charge on any atom is -0.393 e. The Hall–Kier alpha value is -0.910. The number of aryl methyl sites for hydroxylation is 2. The molecule has 0 aromatic carbocycles. The summed E-state index contributed by atoms with van der Waals surface area (Å²) < 4.78 is 5.16. The molecule has 1 atom stereocenters.